The number of carbonyl (C=O) groups is 1. The molecule has 3 saturated carbocycles. The zero-order valence-electron chi connectivity index (χ0n) is 18.7. The van der Waals surface area contributed by atoms with Crippen LogP contribution in [0.15, 0.2) is 36.2 Å². The predicted molar refractivity (Wildman–Crippen MR) is 120 cm³/mol. The summed E-state index contributed by atoms with van der Waals surface area (Å²) in [6.07, 6.45) is 7.23. The summed E-state index contributed by atoms with van der Waals surface area (Å²) in [7, 11) is 0. The van der Waals surface area contributed by atoms with Crippen molar-refractivity contribution < 1.29 is 23.8 Å². The molecule has 1 saturated heterocycles. The molecule has 4 fully saturated rings. The second kappa shape index (κ2) is 9.49. The molecule has 7 heteroatoms. The third-order valence-corrected chi connectivity index (χ3v) is 8.04. The summed E-state index contributed by atoms with van der Waals surface area (Å²) < 4.78 is 23.6. The number of rotatable bonds is 8. The van der Waals surface area contributed by atoms with E-state index in [9.17, 15) is 14.3 Å². The molecular weight excluding hydrogens is 411 g/mol. The van der Waals surface area contributed by atoms with Crippen LogP contribution in [0.2, 0.25) is 0 Å². The monoisotopic (exact) mass is 446 g/mol. The SMILES string of the molecule is NCC(=CF)COc1ccc(C23CCC(C(=O)NCC4(O)CCOCC4)(CC2)CC3)cc1. The Morgan fingerprint density at radius 1 is 1.09 bits per heavy atom. The quantitative estimate of drug-likeness (QED) is 0.571. The lowest BCUT2D eigenvalue weighted by Gasteiger charge is -2.53. The van der Waals surface area contributed by atoms with E-state index in [-0.39, 0.29) is 29.9 Å². The molecular formula is C25H35FN2O4. The average Bonchev–Trinajstić information content (AvgIpc) is 2.85. The molecule has 0 unspecified atom stereocenters. The number of hydrogen-bond donors (Lipinski definition) is 3. The number of nitrogens with two attached hydrogens (primary N) is 1. The smallest absolute Gasteiger partial charge is 0.226 e. The van der Waals surface area contributed by atoms with Crippen LogP contribution in [0.25, 0.3) is 0 Å². The van der Waals surface area contributed by atoms with E-state index in [1.165, 1.54) is 5.56 Å². The van der Waals surface area contributed by atoms with Gasteiger partial charge in [-0.3, -0.25) is 4.79 Å². The fraction of sp³-hybridized carbons (Fsp3) is 0.640. The minimum absolute atomic E-state index is 0.103. The van der Waals surface area contributed by atoms with Gasteiger partial charge in [0.1, 0.15) is 12.4 Å². The van der Waals surface area contributed by atoms with E-state index in [1.807, 2.05) is 12.1 Å². The van der Waals surface area contributed by atoms with Crippen molar-refractivity contribution in [2.45, 2.75) is 62.4 Å². The highest BCUT2D eigenvalue weighted by Gasteiger charge is 2.53. The van der Waals surface area contributed by atoms with Crippen molar-refractivity contribution in [1.29, 1.82) is 0 Å². The summed E-state index contributed by atoms with van der Waals surface area (Å²) in [5.41, 5.74) is 6.15. The Hall–Kier alpha value is -1.96. The van der Waals surface area contributed by atoms with Gasteiger partial charge in [-0.15, -0.1) is 0 Å². The first-order valence-corrected chi connectivity index (χ1v) is 11.7. The van der Waals surface area contributed by atoms with Crippen molar-refractivity contribution in [1.82, 2.24) is 5.32 Å². The van der Waals surface area contributed by atoms with E-state index >= 15 is 0 Å². The molecule has 176 valence electrons. The van der Waals surface area contributed by atoms with Gasteiger partial charge in [0.15, 0.2) is 0 Å². The van der Waals surface area contributed by atoms with Crippen LogP contribution in [0.5, 0.6) is 5.75 Å². The summed E-state index contributed by atoms with van der Waals surface area (Å²) >= 11 is 0. The van der Waals surface area contributed by atoms with Gasteiger partial charge in [0.05, 0.1) is 11.9 Å². The predicted octanol–water partition coefficient (Wildman–Crippen LogP) is 3.13. The fourth-order valence-corrected chi connectivity index (χ4v) is 5.54. The molecule has 1 aliphatic heterocycles. The lowest BCUT2D eigenvalue weighted by molar-refractivity contribution is -0.140. The normalized spacial score (nSPS) is 29.5. The van der Waals surface area contributed by atoms with Gasteiger partial charge in [0, 0.05) is 50.1 Å². The molecule has 1 aromatic carbocycles. The van der Waals surface area contributed by atoms with Gasteiger partial charge < -0.3 is 25.6 Å². The fourth-order valence-electron chi connectivity index (χ4n) is 5.54. The van der Waals surface area contributed by atoms with E-state index in [4.69, 9.17) is 15.2 Å². The van der Waals surface area contributed by atoms with Crippen LogP contribution in [-0.4, -0.2) is 49.5 Å². The van der Waals surface area contributed by atoms with Gasteiger partial charge in [-0.05, 0) is 61.6 Å². The number of amides is 1. The summed E-state index contributed by atoms with van der Waals surface area (Å²) in [6, 6.07) is 8.09. The highest BCUT2D eigenvalue weighted by atomic mass is 19.1. The summed E-state index contributed by atoms with van der Waals surface area (Å²) in [5, 5.41) is 13.7. The molecule has 1 amide bonds. The first kappa shape index (κ1) is 23.2. The molecule has 4 N–H and O–H groups in total. The Bertz CT molecular complexity index is 808. The number of aliphatic hydroxyl groups is 1. The molecule has 5 rings (SSSR count). The Morgan fingerprint density at radius 2 is 1.72 bits per heavy atom. The molecule has 32 heavy (non-hydrogen) atoms. The third kappa shape index (κ3) is 4.70. The van der Waals surface area contributed by atoms with Crippen LogP contribution in [0, 0.1) is 5.41 Å². The standard InChI is InChI=1S/C25H35FN2O4/c26-15-19(16-27)17-32-21-3-1-20(2-4-21)23-5-8-24(9-6-23,10-7-23)22(29)28-18-25(30)11-13-31-14-12-25/h1-4,15,30H,5-14,16-18,27H2,(H,28,29). The van der Waals surface area contributed by atoms with Crippen molar-refractivity contribution in [3.8, 4) is 5.75 Å². The number of benzene rings is 1. The highest BCUT2D eigenvalue weighted by Crippen LogP contribution is 2.58. The molecule has 3 aliphatic carbocycles. The van der Waals surface area contributed by atoms with Crippen molar-refractivity contribution in [3.63, 3.8) is 0 Å². The van der Waals surface area contributed by atoms with E-state index in [1.54, 1.807) is 0 Å². The van der Waals surface area contributed by atoms with Crippen LogP contribution < -0.4 is 15.8 Å². The zero-order chi connectivity index (χ0) is 22.7. The largest absolute Gasteiger partial charge is 0.489 e. The van der Waals surface area contributed by atoms with Gasteiger partial charge in [0.25, 0.3) is 0 Å². The van der Waals surface area contributed by atoms with Gasteiger partial charge in [-0.1, -0.05) is 12.1 Å². The van der Waals surface area contributed by atoms with Crippen molar-refractivity contribution in [2.24, 2.45) is 11.1 Å². The van der Waals surface area contributed by atoms with Crippen LogP contribution in [0.4, 0.5) is 4.39 Å². The topological polar surface area (TPSA) is 93.8 Å². The van der Waals surface area contributed by atoms with Crippen LogP contribution in [0.3, 0.4) is 0 Å². The summed E-state index contributed by atoms with van der Waals surface area (Å²) in [6.45, 7) is 1.69. The van der Waals surface area contributed by atoms with Gasteiger partial charge in [0.2, 0.25) is 5.91 Å². The lowest BCUT2D eigenvalue weighted by Crippen LogP contribution is -2.54. The Kier molecular flexibility index (Phi) is 6.89. The zero-order valence-corrected chi connectivity index (χ0v) is 18.7. The molecule has 0 atom stereocenters. The lowest BCUT2D eigenvalue weighted by atomic mass is 9.51. The Balaban J connectivity index is 1.33. The second-order valence-corrected chi connectivity index (χ2v) is 9.86. The average molecular weight is 447 g/mol. The van der Waals surface area contributed by atoms with E-state index in [0.29, 0.717) is 50.3 Å². The Labute approximate surface area is 189 Å². The maximum absolute atomic E-state index is 13.1. The van der Waals surface area contributed by atoms with Crippen LogP contribution in [0.1, 0.15) is 56.9 Å². The number of hydrogen-bond acceptors (Lipinski definition) is 5. The van der Waals surface area contributed by atoms with Gasteiger partial charge >= 0.3 is 0 Å². The molecule has 2 bridgehead atoms. The molecule has 1 heterocycles. The molecule has 0 radical (unpaired) electrons. The third-order valence-electron chi connectivity index (χ3n) is 8.04. The van der Waals surface area contributed by atoms with E-state index in [2.05, 4.69) is 17.4 Å². The van der Waals surface area contributed by atoms with Crippen LogP contribution >= 0.6 is 0 Å². The Morgan fingerprint density at radius 3 is 2.28 bits per heavy atom. The number of nitrogens with one attached hydrogen (secondary N) is 1. The summed E-state index contributed by atoms with van der Waals surface area (Å²) in [5.74, 6) is 0.801. The van der Waals surface area contributed by atoms with Crippen molar-refractivity contribution >= 4 is 5.91 Å². The minimum Gasteiger partial charge on any atom is -0.489 e. The highest BCUT2D eigenvalue weighted by molar-refractivity contribution is 5.83. The number of halogens is 1. The molecule has 6 nitrogen and oxygen atoms in total. The van der Waals surface area contributed by atoms with Crippen LogP contribution in [-0.2, 0) is 14.9 Å². The molecule has 4 aliphatic rings. The first-order chi connectivity index (χ1) is 15.4. The second-order valence-electron chi connectivity index (χ2n) is 9.86. The molecule has 1 aromatic rings. The van der Waals surface area contributed by atoms with Crippen molar-refractivity contribution in [2.75, 3.05) is 32.9 Å². The van der Waals surface area contributed by atoms with E-state index in [0.717, 1.165) is 38.5 Å². The number of fused-ring (bicyclic) bond motifs is 3. The van der Waals surface area contributed by atoms with Gasteiger partial charge in [-0.25, -0.2) is 4.39 Å². The maximum Gasteiger partial charge on any atom is 0.226 e. The first-order valence-electron chi connectivity index (χ1n) is 11.7. The van der Waals surface area contributed by atoms with Gasteiger partial charge in [-0.2, -0.15) is 0 Å². The minimum atomic E-state index is -0.841. The molecule has 0 aromatic heterocycles. The number of carbonyl (C=O) groups excluding carboxylic acids is 1. The number of ether oxygens (including phenoxy) is 2. The van der Waals surface area contributed by atoms with E-state index < -0.39 is 5.60 Å². The maximum atomic E-state index is 13.1. The summed E-state index contributed by atoms with van der Waals surface area (Å²) in [4.78, 5) is 13.1. The molecule has 0 spiro atoms. The van der Waals surface area contributed by atoms with Crippen molar-refractivity contribution in [3.05, 3.63) is 41.7 Å².